The number of unbranched alkanes of at least 4 members (excludes halogenated alkanes) is 6. The minimum Gasteiger partial charge on any atom is -0.394 e. The van der Waals surface area contributed by atoms with Crippen LogP contribution in [0.2, 0.25) is 0 Å². The van der Waals surface area contributed by atoms with Gasteiger partial charge in [0.25, 0.3) is 0 Å². The molecule has 0 unspecified atom stereocenters. The van der Waals surface area contributed by atoms with E-state index in [1.807, 2.05) is 18.2 Å². The quantitative estimate of drug-likeness (QED) is 0.0387. The largest absolute Gasteiger partial charge is 0.394 e. The summed E-state index contributed by atoms with van der Waals surface area (Å²) >= 11 is 0. The second-order valence-corrected chi connectivity index (χ2v) is 19.3. The number of benzene rings is 1. The summed E-state index contributed by atoms with van der Waals surface area (Å²) in [4.78, 5) is 0. The zero-order valence-electron chi connectivity index (χ0n) is 40.3. The molecule has 1 aromatic rings. The van der Waals surface area contributed by atoms with E-state index in [9.17, 15) is 71.5 Å². The highest BCUT2D eigenvalue weighted by atomic mass is 16.8. The van der Waals surface area contributed by atoms with E-state index in [2.05, 4.69) is 26.0 Å². The van der Waals surface area contributed by atoms with Crippen molar-refractivity contribution in [3.8, 4) is 0 Å². The third-order valence-corrected chi connectivity index (χ3v) is 14.3. The van der Waals surface area contributed by atoms with Gasteiger partial charge in [0.2, 0.25) is 0 Å². The lowest BCUT2D eigenvalue weighted by molar-refractivity contribution is -0.363. The lowest BCUT2D eigenvalue weighted by atomic mass is 9.68. The highest BCUT2D eigenvalue weighted by Crippen LogP contribution is 2.42. The van der Waals surface area contributed by atoms with Gasteiger partial charge in [0.15, 0.2) is 25.2 Å². The fourth-order valence-corrected chi connectivity index (χ4v) is 9.92. The average Bonchev–Trinajstić information content (AvgIpc) is 3.37. The van der Waals surface area contributed by atoms with Crippen LogP contribution in [-0.4, -0.2) is 234 Å². The minimum absolute atomic E-state index is 0.195. The average molecular weight is 1010 g/mol. The Kier molecular flexibility index (Phi) is 24.4. The van der Waals surface area contributed by atoms with E-state index in [4.69, 9.17) is 37.9 Å². The molecule has 0 aliphatic carbocycles. The van der Waals surface area contributed by atoms with E-state index in [1.54, 1.807) is 0 Å². The summed E-state index contributed by atoms with van der Waals surface area (Å²) < 4.78 is 46.5. The molecule has 0 spiro atoms. The lowest BCUT2D eigenvalue weighted by Gasteiger charge is -2.46. The molecule has 4 aliphatic rings. The van der Waals surface area contributed by atoms with E-state index in [0.29, 0.717) is 12.8 Å². The number of rotatable bonds is 28. The van der Waals surface area contributed by atoms with Gasteiger partial charge in [-0.3, -0.25) is 0 Å². The molecular weight excluding hydrogens is 929 g/mol. The summed E-state index contributed by atoms with van der Waals surface area (Å²) in [6.45, 7) is 0.868. The van der Waals surface area contributed by atoms with Gasteiger partial charge in [-0.1, -0.05) is 95.5 Å². The van der Waals surface area contributed by atoms with Crippen LogP contribution in [0.4, 0.5) is 0 Å². The predicted molar refractivity (Wildman–Crippen MR) is 243 cm³/mol. The third kappa shape index (κ3) is 14.8. The topological polar surface area (TPSA) is 357 Å². The summed E-state index contributed by atoms with van der Waals surface area (Å²) in [7, 11) is 0. The fraction of sp³-hybridized carbons (Fsp3) is 0.875. The normalized spacial score (nSPS) is 38.6. The summed E-state index contributed by atoms with van der Waals surface area (Å²) in [5, 5.41) is 148. The molecule has 0 bridgehead atoms. The van der Waals surface area contributed by atoms with Crippen LogP contribution in [0, 0.1) is 5.92 Å². The van der Waals surface area contributed by atoms with Crippen molar-refractivity contribution < 1.29 is 109 Å². The first-order valence-corrected chi connectivity index (χ1v) is 25.1. The molecule has 0 aromatic heterocycles. The van der Waals surface area contributed by atoms with Crippen LogP contribution in [0.25, 0.3) is 0 Å². The Bertz CT molecular complexity index is 1490. The minimum atomic E-state index is -1.85. The molecular formula is C48H82O22. The second kappa shape index (κ2) is 28.9. The monoisotopic (exact) mass is 1010 g/mol. The number of aliphatic hydroxyl groups is 14. The van der Waals surface area contributed by atoms with Gasteiger partial charge in [0.05, 0.1) is 39.6 Å². The molecule has 4 fully saturated rings. The molecule has 4 aliphatic heterocycles. The van der Waals surface area contributed by atoms with Gasteiger partial charge in [-0.2, -0.15) is 0 Å². The first-order chi connectivity index (χ1) is 33.6. The van der Waals surface area contributed by atoms with Gasteiger partial charge in [0.1, 0.15) is 97.7 Å². The Labute approximate surface area is 409 Å². The van der Waals surface area contributed by atoms with Crippen LogP contribution >= 0.6 is 0 Å². The van der Waals surface area contributed by atoms with Crippen molar-refractivity contribution in [1.82, 2.24) is 0 Å². The predicted octanol–water partition coefficient (Wildman–Crippen LogP) is -2.46. The van der Waals surface area contributed by atoms with Gasteiger partial charge in [-0.05, 0) is 36.7 Å². The summed E-state index contributed by atoms with van der Waals surface area (Å²) in [6, 6.07) is 10.3. The molecule has 14 N–H and O–H groups in total. The molecule has 0 saturated carbocycles. The van der Waals surface area contributed by atoms with E-state index < -0.39 is 155 Å². The molecule has 22 heteroatoms. The Balaban J connectivity index is 1.36. The summed E-state index contributed by atoms with van der Waals surface area (Å²) in [5.41, 5.74) is 0.905. The van der Waals surface area contributed by atoms with Crippen molar-refractivity contribution in [2.75, 3.05) is 39.6 Å². The maximum absolute atomic E-state index is 11.4. The number of ether oxygens (including phenoxy) is 8. The van der Waals surface area contributed by atoms with Crippen molar-refractivity contribution in [1.29, 1.82) is 0 Å². The van der Waals surface area contributed by atoms with E-state index in [1.165, 1.54) is 5.56 Å². The number of aliphatic hydroxyl groups excluding tert-OH is 14. The first kappa shape index (κ1) is 59.2. The zero-order chi connectivity index (χ0) is 51.1. The SMILES string of the molecule is CCCCCCC(CCCCCC)(CCC(CO[C@H]1O[C@@H](CO)[C@H](O[C@@H]2O[C@@H](CO)[C@H](O)[C@@H](O)[C@@H]2O)[C@@H](O)[C@@H]1O)CO[C@H]1O[C@@H](CO)[C@H](O[C@@H]2O[C@@H](CO)[C@H](O)[C@@H](O)[C@@H]2O)[C@@H](O)[C@@H]1O)c1ccccc1. The maximum atomic E-state index is 11.4. The van der Waals surface area contributed by atoms with Gasteiger partial charge in [-0.25, -0.2) is 0 Å². The van der Waals surface area contributed by atoms with Crippen LogP contribution in [0.15, 0.2) is 30.3 Å². The standard InChI is InChI=1S/C48H82O22/c1-3-5-7-12-17-48(18-13-8-6-4-2,27-14-10-9-11-15-27)19-16-26(24-63-44-40(61)36(57)42(30(22-51)67-44)69-46-38(59)34(55)32(53)28(20-49)65-46)25-64-45-41(62)37(58)43(31(23-52)68-45)70-47-39(60)35(56)33(54)29(21-50)66-47/h9-11,14-15,26,28-47,49-62H,3-8,12-13,16-25H2,1-2H3/t28-,29-,30-,31-,32-,33-,34+,35+,36-,37-,38-,39-,40-,41-,42-,43-,44-,45-,46-,47-/m0/s1. The fourth-order valence-electron chi connectivity index (χ4n) is 9.92. The number of hydrogen-bond acceptors (Lipinski definition) is 22. The highest BCUT2D eigenvalue weighted by molar-refractivity contribution is 5.25. The van der Waals surface area contributed by atoms with Gasteiger partial charge in [0, 0.05) is 5.92 Å². The van der Waals surface area contributed by atoms with Crippen LogP contribution in [0.5, 0.6) is 0 Å². The molecule has 5 rings (SSSR count). The van der Waals surface area contributed by atoms with Crippen molar-refractivity contribution in [3.05, 3.63) is 35.9 Å². The molecule has 0 amide bonds. The highest BCUT2D eigenvalue weighted by Gasteiger charge is 2.53. The summed E-state index contributed by atoms with van der Waals surface area (Å²) in [6.07, 6.45) is -21.9. The molecule has 406 valence electrons. The van der Waals surface area contributed by atoms with Gasteiger partial charge < -0.3 is 109 Å². The maximum Gasteiger partial charge on any atom is 0.187 e. The van der Waals surface area contributed by atoms with Crippen LogP contribution in [0.1, 0.15) is 96.5 Å². The van der Waals surface area contributed by atoms with Crippen LogP contribution in [-0.2, 0) is 43.3 Å². The second-order valence-electron chi connectivity index (χ2n) is 19.3. The van der Waals surface area contributed by atoms with Gasteiger partial charge >= 0.3 is 0 Å². The molecule has 4 saturated heterocycles. The van der Waals surface area contributed by atoms with Crippen molar-refractivity contribution in [3.63, 3.8) is 0 Å². The molecule has 1 aromatic carbocycles. The Morgan fingerprint density at radius 2 is 0.829 bits per heavy atom. The first-order valence-electron chi connectivity index (χ1n) is 25.1. The van der Waals surface area contributed by atoms with E-state index in [0.717, 1.165) is 64.2 Å². The van der Waals surface area contributed by atoms with Crippen LogP contribution < -0.4 is 0 Å². The van der Waals surface area contributed by atoms with Gasteiger partial charge in [-0.15, -0.1) is 0 Å². The summed E-state index contributed by atoms with van der Waals surface area (Å²) in [5.74, 6) is -0.568. The third-order valence-electron chi connectivity index (χ3n) is 14.3. The molecule has 4 heterocycles. The Hall–Kier alpha value is -1.66. The number of hydrogen-bond donors (Lipinski definition) is 14. The van der Waals surface area contributed by atoms with E-state index >= 15 is 0 Å². The van der Waals surface area contributed by atoms with E-state index in [-0.39, 0.29) is 18.6 Å². The Morgan fingerprint density at radius 1 is 0.443 bits per heavy atom. The van der Waals surface area contributed by atoms with Crippen molar-refractivity contribution >= 4 is 0 Å². The molecule has 0 radical (unpaired) electrons. The zero-order valence-corrected chi connectivity index (χ0v) is 40.3. The van der Waals surface area contributed by atoms with Crippen molar-refractivity contribution in [2.45, 2.75) is 219 Å². The molecule has 22 nitrogen and oxygen atoms in total. The Morgan fingerprint density at radius 3 is 1.21 bits per heavy atom. The molecule has 70 heavy (non-hydrogen) atoms. The lowest BCUT2D eigenvalue weighted by Crippen LogP contribution is -2.65. The van der Waals surface area contributed by atoms with Crippen molar-refractivity contribution in [2.24, 2.45) is 5.92 Å². The molecule has 20 atom stereocenters. The van der Waals surface area contributed by atoms with Crippen LogP contribution in [0.3, 0.4) is 0 Å². The smallest absolute Gasteiger partial charge is 0.187 e.